The summed E-state index contributed by atoms with van der Waals surface area (Å²) in [6.07, 6.45) is -2.21. The summed E-state index contributed by atoms with van der Waals surface area (Å²) >= 11 is 0. The molecule has 6 heteroatoms. The largest absolute Gasteiger partial charge is 0.488 e. The molecule has 2 atom stereocenters. The lowest BCUT2D eigenvalue weighted by molar-refractivity contribution is -0.138. The fourth-order valence-corrected chi connectivity index (χ4v) is 2.54. The van der Waals surface area contributed by atoms with Gasteiger partial charge in [-0.1, -0.05) is 18.2 Å². The average Bonchev–Trinajstić information content (AvgIpc) is 2.89. The number of alkyl halides is 3. The van der Waals surface area contributed by atoms with Gasteiger partial charge < -0.3 is 10.5 Å². The first-order valence-corrected chi connectivity index (χ1v) is 6.48. The van der Waals surface area contributed by atoms with Crippen LogP contribution >= 0.6 is 0 Å². The van der Waals surface area contributed by atoms with Crippen LogP contribution in [0.4, 0.5) is 13.2 Å². The number of hydrogen-bond donors (Lipinski definition) is 1. The Morgan fingerprint density at radius 3 is 2.71 bits per heavy atom. The molecule has 0 saturated carbocycles. The maximum atomic E-state index is 13.0. The molecule has 0 aliphatic carbocycles. The molecule has 0 fully saturated rings. The zero-order valence-corrected chi connectivity index (χ0v) is 11.0. The summed E-state index contributed by atoms with van der Waals surface area (Å²) < 4.78 is 44.8. The lowest BCUT2D eigenvalue weighted by Gasteiger charge is -2.22. The van der Waals surface area contributed by atoms with Crippen LogP contribution in [0.25, 0.3) is 0 Å². The van der Waals surface area contributed by atoms with Crippen molar-refractivity contribution in [1.82, 2.24) is 4.98 Å². The minimum absolute atomic E-state index is 0.0391. The maximum absolute atomic E-state index is 13.0. The third kappa shape index (κ3) is 2.58. The van der Waals surface area contributed by atoms with Gasteiger partial charge in [-0.15, -0.1) is 0 Å². The number of hydrogen-bond acceptors (Lipinski definition) is 3. The number of halogens is 3. The highest BCUT2D eigenvalue weighted by Crippen LogP contribution is 2.38. The summed E-state index contributed by atoms with van der Waals surface area (Å²) in [6.45, 7) is 0. The summed E-state index contributed by atoms with van der Waals surface area (Å²) in [4.78, 5) is 3.76. The lowest BCUT2D eigenvalue weighted by atomic mass is 9.96. The van der Waals surface area contributed by atoms with E-state index in [0.717, 1.165) is 17.8 Å². The molecule has 0 saturated heterocycles. The molecule has 1 aromatic heterocycles. The Morgan fingerprint density at radius 1 is 1.24 bits per heavy atom. The molecule has 2 N–H and O–H groups in total. The topological polar surface area (TPSA) is 48.1 Å². The monoisotopic (exact) mass is 294 g/mol. The van der Waals surface area contributed by atoms with Crippen LogP contribution in [-0.4, -0.2) is 11.1 Å². The molecule has 2 heterocycles. The van der Waals surface area contributed by atoms with E-state index in [1.807, 2.05) is 18.2 Å². The fourth-order valence-electron chi connectivity index (χ4n) is 2.54. The molecule has 0 amide bonds. The number of rotatable bonds is 2. The maximum Gasteiger partial charge on any atom is 0.416 e. The molecule has 2 aromatic rings. The minimum Gasteiger partial charge on any atom is -0.488 e. The quantitative estimate of drug-likeness (QED) is 0.926. The van der Waals surface area contributed by atoms with E-state index in [1.165, 1.54) is 6.20 Å². The van der Waals surface area contributed by atoms with Crippen LogP contribution in [0.2, 0.25) is 0 Å². The van der Waals surface area contributed by atoms with Gasteiger partial charge in [-0.05, 0) is 17.7 Å². The second-order valence-electron chi connectivity index (χ2n) is 4.95. The van der Waals surface area contributed by atoms with Crippen molar-refractivity contribution in [2.45, 2.75) is 24.7 Å². The van der Waals surface area contributed by atoms with Crippen LogP contribution in [0, 0.1) is 0 Å². The van der Waals surface area contributed by atoms with Gasteiger partial charge in [0.2, 0.25) is 0 Å². The lowest BCUT2D eigenvalue weighted by Crippen LogP contribution is -2.32. The van der Waals surface area contributed by atoms with Crippen molar-refractivity contribution in [2.24, 2.45) is 5.73 Å². The number of nitrogens with zero attached hydrogens (tertiary/aromatic N) is 1. The Kier molecular flexibility index (Phi) is 3.33. The zero-order valence-electron chi connectivity index (χ0n) is 11.0. The number of nitrogens with two attached hydrogens (primary N) is 1. The smallest absolute Gasteiger partial charge is 0.416 e. The Labute approximate surface area is 119 Å². The molecule has 1 aliphatic heterocycles. The Morgan fingerprint density at radius 2 is 2.00 bits per heavy atom. The predicted molar refractivity (Wildman–Crippen MR) is 70.7 cm³/mol. The highest BCUT2D eigenvalue weighted by atomic mass is 19.4. The second-order valence-corrected chi connectivity index (χ2v) is 4.95. The van der Waals surface area contributed by atoms with Crippen molar-refractivity contribution >= 4 is 0 Å². The molecular weight excluding hydrogens is 281 g/mol. The number of aromatic nitrogens is 1. The van der Waals surface area contributed by atoms with Crippen LogP contribution < -0.4 is 10.5 Å². The Balaban J connectivity index is 1.90. The third-order valence-electron chi connectivity index (χ3n) is 3.59. The number of pyridine rings is 1. The highest BCUT2D eigenvalue weighted by molar-refractivity contribution is 5.39. The van der Waals surface area contributed by atoms with E-state index >= 15 is 0 Å². The molecule has 0 bridgehead atoms. The van der Waals surface area contributed by atoms with Gasteiger partial charge in [0.1, 0.15) is 11.9 Å². The number of para-hydroxylation sites is 1. The summed E-state index contributed by atoms with van der Waals surface area (Å²) in [5, 5.41) is 0. The fraction of sp³-hybridized carbons (Fsp3) is 0.267. The molecule has 0 spiro atoms. The van der Waals surface area contributed by atoms with Crippen LogP contribution in [0.5, 0.6) is 5.75 Å². The molecule has 3 nitrogen and oxygen atoms in total. The number of fused-ring (bicyclic) bond motifs is 1. The minimum atomic E-state index is -4.46. The van der Waals surface area contributed by atoms with E-state index in [4.69, 9.17) is 10.5 Å². The molecular formula is C15H13F3N2O. The highest BCUT2D eigenvalue weighted by Gasteiger charge is 2.38. The van der Waals surface area contributed by atoms with Crippen LogP contribution in [0.15, 0.2) is 42.7 Å². The van der Waals surface area contributed by atoms with E-state index in [2.05, 4.69) is 4.98 Å². The van der Waals surface area contributed by atoms with Crippen LogP contribution in [0.1, 0.15) is 22.7 Å². The first kappa shape index (κ1) is 13.9. The third-order valence-corrected chi connectivity index (χ3v) is 3.59. The first-order valence-electron chi connectivity index (χ1n) is 6.48. The normalized spacial score (nSPS) is 19.0. The van der Waals surface area contributed by atoms with Crippen LogP contribution in [-0.2, 0) is 12.6 Å². The van der Waals surface area contributed by atoms with E-state index in [0.29, 0.717) is 12.2 Å². The molecule has 3 rings (SSSR count). The van der Waals surface area contributed by atoms with Gasteiger partial charge >= 0.3 is 6.18 Å². The van der Waals surface area contributed by atoms with Crippen molar-refractivity contribution in [1.29, 1.82) is 0 Å². The standard InChI is InChI=1S/C15H13F3N2O/c16-15(17,18)11-5-6-20-8-10(11)14(19)13-7-9-3-1-2-4-12(9)21-13/h1-6,8,13-14H,7,19H2. The van der Waals surface area contributed by atoms with Crippen LogP contribution in [0.3, 0.4) is 0 Å². The number of ether oxygens (including phenoxy) is 1. The van der Waals surface area contributed by atoms with E-state index in [1.54, 1.807) is 6.07 Å². The van der Waals surface area contributed by atoms with Crippen molar-refractivity contribution < 1.29 is 17.9 Å². The predicted octanol–water partition coefficient (Wildman–Crippen LogP) is 3.10. The number of benzene rings is 1. The van der Waals surface area contributed by atoms with Crippen molar-refractivity contribution in [3.8, 4) is 5.75 Å². The van der Waals surface area contributed by atoms with Crippen molar-refractivity contribution in [2.75, 3.05) is 0 Å². The summed E-state index contributed by atoms with van der Waals surface area (Å²) in [5.74, 6) is 0.676. The van der Waals surface area contributed by atoms with Gasteiger partial charge in [0.25, 0.3) is 0 Å². The molecule has 0 radical (unpaired) electrons. The first-order chi connectivity index (χ1) is 9.97. The molecule has 1 aliphatic rings. The van der Waals surface area contributed by atoms with Crippen molar-refractivity contribution in [3.63, 3.8) is 0 Å². The van der Waals surface area contributed by atoms with Gasteiger partial charge in [0.05, 0.1) is 11.6 Å². The van der Waals surface area contributed by atoms with Gasteiger partial charge in [0, 0.05) is 24.4 Å². The Bertz CT molecular complexity index is 632. The molecule has 110 valence electrons. The van der Waals surface area contributed by atoms with Gasteiger partial charge in [-0.25, -0.2) is 0 Å². The van der Waals surface area contributed by atoms with E-state index in [9.17, 15) is 13.2 Å². The van der Waals surface area contributed by atoms with Gasteiger partial charge in [-0.2, -0.15) is 13.2 Å². The average molecular weight is 294 g/mol. The van der Waals surface area contributed by atoms with Gasteiger partial charge in [-0.3, -0.25) is 4.98 Å². The molecule has 21 heavy (non-hydrogen) atoms. The Hall–Kier alpha value is -2.08. The molecule has 2 unspecified atom stereocenters. The van der Waals surface area contributed by atoms with Crippen molar-refractivity contribution in [3.05, 3.63) is 59.4 Å². The van der Waals surface area contributed by atoms with Gasteiger partial charge in [0.15, 0.2) is 0 Å². The zero-order chi connectivity index (χ0) is 15.0. The van der Waals surface area contributed by atoms with E-state index in [-0.39, 0.29) is 5.56 Å². The summed E-state index contributed by atoms with van der Waals surface area (Å²) in [5.41, 5.74) is 6.17. The van der Waals surface area contributed by atoms with E-state index < -0.39 is 23.9 Å². The SMILES string of the molecule is NC(c1cnccc1C(F)(F)F)C1Cc2ccccc2O1. The summed E-state index contributed by atoms with van der Waals surface area (Å²) in [7, 11) is 0. The molecule has 1 aromatic carbocycles. The summed E-state index contributed by atoms with van der Waals surface area (Å²) in [6, 6.07) is 7.41. The second kappa shape index (κ2) is 5.04.